The van der Waals surface area contributed by atoms with Crippen molar-refractivity contribution in [3.8, 4) is 5.75 Å². The summed E-state index contributed by atoms with van der Waals surface area (Å²) < 4.78 is 19.8. The fourth-order valence-corrected chi connectivity index (χ4v) is 2.67. The third kappa shape index (κ3) is 2.93. The summed E-state index contributed by atoms with van der Waals surface area (Å²) in [4.78, 5) is 0. The van der Waals surface area contributed by atoms with Gasteiger partial charge in [-0.05, 0) is 45.0 Å². The van der Waals surface area contributed by atoms with Gasteiger partial charge >= 0.3 is 0 Å². The molecule has 1 unspecified atom stereocenters. The Morgan fingerprint density at radius 3 is 2.38 bits per heavy atom. The standard InChI is InChI=1S/C18H22FNO/c1-11-6-9-16(19)15(10-11)17(20-4)14-8-7-12(2)13(3)18(14)21-5/h6-10,17,20H,1-5H3. The van der Waals surface area contributed by atoms with Crippen molar-refractivity contribution in [3.63, 3.8) is 0 Å². The molecule has 0 spiro atoms. The second-order valence-electron chi connectivity index (χ2n) is 5.38. The van der Waals surface area contributed by atoms with Crippen molar-refractivity contribution >= 4 is 0 Å². The van der Waals surface area contributed by atoms with E-state index < -0.39 is 0 Å². The molecule has 1 atom stereocenters. The topological polar surface area (TPSA) is 21.3 Å². The first kappa shape index (κ1) is 15.5. The van der Waals surface area contributed by atoms with Gasteiger partial charge < -0.3 is 10.1 Å². The number of aryl methyl sites for hydroxylation is 2. The summed E-state index contributed by atoms with van der Waals surface area (Å²) in [5.74, 6) is 0.607. The molecule has 0 amide bonds. The minimum absolute atomic E-state index is 0.208. The third-order valence-electron chi connectivity index (χ3n) is 3.97. The number of nitrogens with one attached hydrogen (secondary N) is 1. The van der Waals surface area contributed by atoms with E-state index in [1.807, 2.05) is 46.0 Å². The maximum absolute atomic E-state index is 14.2. The van der Waals surface area contributed by atoms with E-state index in [1.54, 1.807) is 13.2 Å². The number of rotatable bonds is 4. The molecule has 0 aromatic heterocycles. The molecule has 0 aliphatic heterocycles. The molecule has 3 heteroatoms. The Balaban J connectivity index is 2.62. The van der Waals surface area contributed by atoms with E-state index in [9.17, 15) is 4.39 Å². The lowest BCUT2D eigenvalue weighted by atomic mass is 9.93. The lowest BCUT2D eigenvalue weighted by Crippen LogP contribution is -2.20. The van der Waals surface area contributed by atoms with Crippen LogP contribution in [0.3, 0.4) is 0 Å². The van der Waals surface area contributed by atoms with Crippen molar-refractivity contribution in [2.75, 3.05) is 14.2 Å². The Bertz CT molecular complexity index is 652. The van der Waals surface area contributed by atoms with Crippen LogP contribution >= 0.6 is 0 Å². The summed E-state index contributed by atoms with van der Waals surface area (Å²) in [6.45, 7) is 6.04. The zero-order valence-electron chi connectivity index (χ0n) is 13.3. The number of hydrogen-bond donors (Lipinski definition) is 1. The quantitative estimate of drug-likeness (QED) is 0.915. The Labute approximate surface area is 126 Å². The maximum Gasteiger partial charge on any atom is 0.128 e. The second-order valence-corrected chi connectivity index (χ2v) is 5.38. The average molecular weight is 287 g/mol. The lowest BCUT2D eigenvalue weighted by molar-refractivity contribution is 0.401. The molecule has 0 saturated carbocycles. The van der Waals surface area contributed by atoms with E-state index in [0.717, 1.165) is 28.0 Å². The highest BCUT2D eigenvalue weighted by Gasteiger charge is 2.21. The molecule has 0 radical (unpaired) electrons. The molecule has 21 heavy (non-hydrogen) atoms. The highest BCUT2D eigenvalue weighted by molar-refractivity contribution is 5.50. The number of hydrogen-bond acceptors (Lipinski definition) is 2. The monoisotopic (exact) mass is 287 g/mol. The Morgan fingerprint density at radius 2 is 1.76 bits per heavy atom. The zero-order valence-corrected chi connectivity index (χ0v) is 13.3. The fraction of sp³-hybridized carbons (Fsp3) is 0.333. The molecule has 0 heterocycles. The van der Waals surface area contributed by atoms with Crippen LogP contribution in [-0.2, 0) is 0 Å². The minimum Gasteiger partial charge on any atom is -0.496 e. The molecule has 0 fully saturated rings. The molecule has 0 saturated heterocycles. The van der Waals surface area contributed by atoms with Gasteiger partial charge in [-0.3, -0.25) is 0 Å². The lowest BCUT2D eigenvalue weighted by Gasteiger charge is -2.22. The molecule has 2 aromatic rings. The van der Waals surface area contributed by atoms with E-state index in [1.165, 1.54) is 6.07 Å². The van der Waals surface area contributed by atoms with Crippen LogP contribution in [0.5, 0.6) is 5.75 Å². The van der Waals surface area contributed by atoms with E-state index in [4.69, 9.17) is 4.74 Å². The largest absolute Gasteiger partial charge is 0.496 e. The van der Waals surface area contributed by atoms with E-state index >= 15 is 0 Å². The molecule has 0 aliphatic rings. The molecule has 2 nitrogen and oxygen atoms in total. The Kier molecular flexibility index (Phi) is 4.63. The van der Waals surface area contributed by atoms with Gasteiger partial charge in [0.05, 0.1) is 13.2 Å². The van der Waals surface area contributed by atoms with Gasteiger partial charge in [0.1, 0.15) is 11.6 Å². The van der Waals surface area contributed by atoms with Crippen LogP contribution in [0.25, 0.3) is 0 Å². The summed E-state index contributed by atoms with van der Waals surface area (Å²) in [6, 6.07) is 8.99. The van der Waals surface area contributed by atoms with Crippen LogP contribution < -0.4 is 10.1 Å². The molecular weight excluding hydrogens is 265 g/mol. The van der Waals surface area contributed by atoms with Crippen molar-refractivity contribution in [2.45, 2.75) is 26.8 Å². The first-order valence-electron chi connectivity index (χ1n) is 7.07. The maximum atomic E-state index is 14.2. The molecule has 0 bridgehead atoms. The van der Waals surface area contributed by atoms with E-state index in [2.05, 4.69) is 5.32 Å². The van der Waals surface area contributed by atoms with Gasteiger partial charge in [-0.25, -0.2) is 4.39 Å². The average Bonchev–Trinajstić information content (AvgIpc) is 2.47. The number of benzene rings is 2. The van der Waals surface area contributed by atoms with Gasteiger partial charge in [0.15, 0.2) is 0 Å². The van der Waals surface area contributed by atoms with E-state index in [0.29, 0.717) is 5.56 Å². The van der Waals surface area contributed by atoms with Gasteiger partial charge in [-0.1, -0.05) is 29.8 Å². The highest BCUT2D eigenvalue weighted by Crippen LogP contribution is 2.35. The summed E-state index contributed by atoms with van der Waals surface area (Å²) in [7, 11) is 3.49. The number of methoxy groups -OCH3 is 1. The SMILES string of the molecule is CNC(c1cc(C)ccc1F)c1ccc(C)c(C)c1OC. The van der Waals surface area contributed by atoms with Gasteiger partial charge in [0, 0.05) is 11.1 Å². The summed E-state index contributed by atoms with van der Waals surface area (Å²) in [5.41, 5.74) is 4.87. The van der Waals surface area contributed by atoms with Crippen LogP contribution in [0.4, 0.5) is 4.39 Å². The summed E-state index contributed by atoms with van der Waals surface area (Å²) >= 11 is 0. The second kappa shape index (κ2) is 6.27. The number of halogens is 1. The van der Waals surface area contributed by atoms with E-state index in [-0.39, 0.29) is 11.9 Å². The molecule has 1 N–H and O–H groups in total. The Morgan fingerprint density at radius 1 is 1.05 bits per heavy atom. The first-order valence-corrected chi connectivity index (χ1v) is 7.07. The molecule has 2 aromatic carbocycles. The summed E-state index contributed by atoms with van der Waals surface area (Å²) in [6.07, 6.45) is 0. The molecular formula is C18H22FNO. The van der Waals surface area contributed by atoms with Crippen molar-refractivity contribution in [1.29, 1.82) is 0 Å². The third-order valence-corrected chi connectivity index (χ3v) is 3.97. The molecule has 112 valence electrons. The van der Waals surface area contributed by atoms with Crippen molar-refractivity contribution in [1.82, 2.24) is 5.32 Å². The van der Waals surface area contributed by atoms with Gasteiger partial charge in [-0.15, -0.1) is 0 Å². The fourth-order valence-electron chi connectivity index (χ4n) is 2.67. The number of ether oxygens (including phenoxy) is 1. The smallest absolute Gasteiger partial charge is 0.128 e. The van der Waals surface area contributed by atoms with Gasteiger partial charge in [0.2, 0.25) is 0 Å². The summed E-state index contributed by atoms with van der Waals surface area (Å²) in [5, 5.41) is 3.20. The first-order chi connectivity index (χ1) is 9.99. The predicted octanol–water partition coefficient (Wildman–Crippen LogP) is 4.07. The van der Waals surface area contributed by atoms with Crippen LogP contribution in [0, 0.1) is 26.6 Å². The zero-order chi connectivity index (χ0) is 15.6. The molecule has 0 aliphatic carbocycles. The van der Waals surface area contributed by atoms with Crippen molar-refractivity contribution < 1.29 is 9.13 Å². The van der Waals surface area contributed by atoms with Gasteiger partial charge in [-0.2, -0.15) is 0 Å². The Hall–Kier alpha value is -1.87. The minimum atomic E-state index is -0.237. The van der Waals surface area contributed by atoms with Gasteiger partial charge in [0.25, 0.3) is 0 Å². The van der Waals surface area contributed by atoms with Crippen LogP contribution in [0.2, 0.25) is 0 Å². The van der Waals surface area contributed by atoms with Crippen molar-refractivity contribution in [3.05, 3.63) is 64.0 Å². The highest BCUT2D eigenvalue weighted by atomic mass is 19.1. The van der Waals surface area contributed by atoms with Crippen LogP contribution in [0.15, 0.2) is 30.3 Å². The normalized spacial score (nSPS) is 12.3. The van der Waals surface area contributed by atoms with Crippen LogP contribution in [-0.4, -0.2) is 14.2 Å². The molecule has 2 rings (SSSR count). The predicted molar refractivity (Wildman–Crippen MR) is 84.5 cm³/mol. The van der Waals surface area contributed by atoms with Crippen molar-refractivity contribution in [2.24, 2.45) is 0 Å². The van der Waals surface area contributed by atoms with Crippen LogP contribution in [0.1, 0.15) is 33.9 Å².